The van der Waals surface area contributed by atoms with E-state index >= 15 is 0 Å². The van der Waals surface area contributed by atoms with E-state index in [9.17, 15) is 29.8 Å². The number of aliphatic hydroxyl groups excluding tert-OH is 1. The molecule has 9 nitrogen and oxygen atoms in total. The molecular formula is C16H20NO8P. The summed E-state index contributed by atoms with van der Waals surface area (Å²) in [6.45, 7) is 1.64. The highest BCUT2D eigenvalue weighted by atomic mass is 31.2. The molecule has 0 amide bonds. The van der Waals surface area contributed by atoms with Gasteiger partial charge >= 0.3 is 7.75 Å². The molecule has 1 aliphatic rings. The van der Waals surface area contributed by atoms with Gasteiger partial charge < -0.3 is 30.2 Å². The number of rotatable bonds is 6. The highest BCUT2D eigenvalue weighted by molar-refractivity contribution is 7.49. The highest BCUT2D eigenvalue weighted by Crippen LogP contribution is 2.39. The van der Waals surface area contributed by atoms with E-state index in [1.165, 1.54) is 12.1 Å². The van der Waals surface area contributed by atoms with Gasteiger partial charge in [-0.05, 0) is 23.6 Å². The van der Waals surface area contributed by atoms with Crippen LogP contribution in [-0.2, 0) is 9.36 Å². The van der Waals surface area contributed by atoms with Gasteiger partial charge in [0.1, 0.15) is 17.4 Å². The summed E-state index contributed by atoms with van der Waals surface area (Å²) < 4.78 is 11.2. The second-order valence-electron chi connectivity index (χ2n) is 6.24. The van der Waals surface area contributed by atoms with Crippen LogP contribution in [0.2, 0.25) is 0 Å². The van der Waals surface area contributed by atoms with Gasteiger partial charge in [0, 0.05) is 24.3 Å². The topological polar surface area (TPSA) is 168 Å². The quantitative estimate of drug-likeness (QED) is 0.276. The zero-order valence-electron chi connectivity index (χ0n) is 13.8. The van der Waals surface area contributed by atoms with Crippen LogP contribution in [0.1, 0.15) is 24.8 Å². The van der Waals surface area contributed by atoms with Crippen molar-refractivity contribution in [2.45, 2.75) is 25.0 Å². The number of phenolic OH excluding ortho intramolecular Hbond substituents is 1. The summed E-state index contributed by atoms with van der Waals surface area (Å²) in [7, 11) is -4.86. The molecule has 0 heterocycles. The lowest BCUT2D eigenvalue weighted by Crippen LogP contribution is -2.47. The van der Waals surface area contributed by atoms with Gasteiger partial charge in [-0.3, -0.25) is 9.88 Å². The summed E-state index contributed by atoms with van der Waals surface area (Å²) in [5.41, 5.74) is 0.0732. The predicted molar refractivity (Wildman–Crippen MR) is 90.8 cm³/mol. The zero-order chi connectivity index (χ0) is 19.7. The molecule has 10 heteroatoms. The molecule has 2 atom stereocenters. The van der Waals surface area contributed by atoms with Crippen molar-refractivity contribution in [3.05, 3.63) is 53.4 Å². The summed E-state index contributed by atoms with van der Waals surface area (Å²) in [6.07, 6.45) is 1.22. The molecule has 2 unspecified atom stereocenters. The monoisotopic (exact) mass is 385 g/mol. The van der Waals surface area contributed by atoms with Crippen molar-refractivity contribution in [1.29, 1.82) is 0 Å². The van der Waals surface area contributed by atoms with Gasteiger partial charge in [0.15, 0.2) is 11.6 Å². The molecule has 1 aromatic rings. The van der Waals surface area contributed by atoms with Gasteiger partial charge in [-0.25, -0.2) is 4.57 Å². The number of carbonyl (C=O) groups is 1. The molecule has 7 N–H and O–H groups in total. The second-order valence-corrected chi connectivity index (χ2v) is 7.55. The first-order valence-electron chi connectivity index (χ1n) is 7.62. The molecule has 0 fully saturated rings. The van der Waals surface area contributed by atoms with E-state index in [-0.39, 0.29) is 12.2 Å². The summed E-state index contributed by atoms with van der Waals surface area (Å²) in [5.74, 6) is -6.42. The van der Waals surface area contributed by atoms with Crippen LogP contribution in [0, 0.1) is 5.92 Å². The molecule has 0 bridgehead atoms. The molecule has 2 rings (SSSR count). The molecule has 1 aliphatic carbocycles. The molecule has 0 aliphatic heterocycles. The van der Waals surface area contributed by atoms with Gasteiger partial charge in [0.2, 0.25) is 0 Å². The highest BCUT2D eigenvalue weighted by Gasteiger charge is 2.45. The van der Waals surface area contributed by atoms with Crippen LogP contribution < -0.4 is 5.09 Å². The maximum absolute atomic E-state index is 12.2. The van der Waals surface area contributed by atoms with Gasteiger partial charge in [0.05, 0.1) is 0 Å². The van der Waals surface area contributed by atoms with Crippen LogP contribution in [0.3, 0.4) is 0 Å². The molecule has 1 aromatic carbocycles. The first-order valence-corrected chi connectivity index (χ1v) is 9.24. The maximum atomic E-state index is 12.2. The number of aromatic hydroxyl groups is 1. The zero-order valence-corrected chi connectivity index (χ0v) is 14.7. The summed E-state index contributed by atoms with van der Waals surface area (Å²) in [4.78, 5) is 30.3. The van der Waals surface area contributed by atoms with Crippen molar-refractivity contribution >= 4 is 13.5 Å². The molecule has 0 radical (unpaired) electrons. The van der Waals surface area contributed by atoms with Crippen LogP contribution in [0.15, 0.2) is 47.9 Å². The summed E-state index contributed by atoms with van der Waals surface area (Å²) >= 11 is 0. The number of nitrogens with one attached hydrogen (secondary N) is 1. The Kier molecular flexibility index (Phi) is 5.60. The van der Waals surface area contributed by atoms with E-state index in [1.54, 1.807) is 24.1 Å². The fourth-order valence-electron chi connectivity index (χ4n) is 2.93. The Bertz CT molecular complexity index is 810. The van der Waals surface area contributed by atoms with Gasteiger partial charge in [-0.1, -0.05) is 19.1 Å². The lowest BCUT2D eigenvalue weighted by molar-refractivity contribution is -0.198. The first-order chi connectivity index (χ1) is 11.9. The van der Waals surface area contributed by atoms with Crippen molar-refractivity contribution in [2.75, 3.05) is 0 Å². The van der Waals surface area contributed by atoms with Gasteiger partial charge in [-0.2, -0.15) is 0 Å². The third-order valence-electron chi connectivity index (χ3n) is 3.97. The summed E-state index contributed by atoms with van der Waals surface area (Å²) in [5, 5.41) is 41.8. The molecule has 26 heavy (non-hydrogen) atoms. The number of aliphatic hydroxyl groups is 3. The van der Waals surface area contributed by atoms with Gasteiger partial charge in [0.25, 0.3) is 0 Å². The van der Waals surface area contributed by atoms with Crippen LogP contribution in [-0.4, -0.2) is 41.8 Å². The van der Waals surface area contributed by atoms with Gasteiger partial charge in [-0.15, -0.1) is 0 Å². The number of phenols is 1. The largest absolute Gasteiger partial charge is 0.508 e. The van der Waals surface area contributed by atoms with E-state index in [4.69, 9.17) is 9.79 Å². The molecule has 0 saturated heterocycles. The lowest BCUT2D eigenvalue weighted by atomic mass is 9.81. The van der Waals surface area contributed by atoms with E-state index < -0.39 is 42.6 Å². The van der Waals surface area contributed by atoms with Crippen LogP contribution in [0.25, 0.3) is 0 Å². The number of ketones is 1. The van der Waals surface area contributed by atoms with Crippen LogP contribution >= 0.6 is 7.75 Å². The Morgan fingerprint density at radius 3 is 2.46 bits per heavy atom. The van der Waals surface area contributed by atoms with Crippen LogP contribution in [0.5, 0.6) is 5.75 Å². The molecule has 142 valence electrons. The number of hydrogen-bond acceptors (Lipinski definition) is 6. The maximum Gasteiger partial charge on any atom is 0.427 e. The lowest BCUT2D eigenvalue weighted by Gasteiger charge is -2.35. The molecule has 0 aromatic heterocycles. The average Bonchev–Trinajstić information content (AvgIpc) is 2.43. The minimum atomic E-state index is -4.86. The standard InChI is InChI=1S/C16H20NO8P/c1-9(10-3-2-4-11(18)5-10)8-16(21,22)15-13(17-26(23,24)25)6-12(19)7-14(15)20/h2-7,9,15,18-19,21-22H,8H2,1H3,(H3,17,23,24,25). The van der Waals surface area contributed by atoms with Crippen molar-refractivity contribution in [3.8, 4) is 5.75 Å². The van der Waals surface area contributed by atoms with Crippen molar-refractivity contribution < 1.29 is 39.6 Å². The molecular weight excluding hydrogens is 365 g/mol. The Balaban J connectivity index is 2.31. The van der Waals surface area contributed by atoms with E-state index in [0.29, 0.717) is 5.56 Å². The van der Waals surface area contributed by atoms with Crippen molar-refractivity contribution in [3.63, 3.8) is 0 Å². The molecule has 0 spiro atoms. The van der Waals surface area contributed by atoms with Crippen molar-refractivity contribution in [1.82, 2.24) is 5.09 Å². The van der Waals surface area contributed by atoms with E-state index in [2.05, 4.69) is 0 Å². The summed E-state index contributed by atoms with van der Waals surface area (Å²) in [6, 6.07) is 6.11. The van der Waals surface area contributed by atoms with Crippen LogP contribution in [0.4, 0.5) is 0 Å². The number of carbonyl (C=O) groups excluding carboxylic acids is 1. The fraction of sp³-hybridized carbons (Fsp3) is 0.312. The normalized spacial score (nSPS) is 19.6. The van der Waals surface area contributed by atoms with E-state index in [0.717, 1.165) is 12.2 Å². The third kappa shape index (κ3) is 4.94. The number of benzene rings is 1. The average molecular weight is 385 g/mol. The molecule has 0 saturated carbocycles. The predicted octanol–water partition coefficient (Wildman–Crippen LogP) is 0.774. The minimum absolute atomic E-state index is 0.0128. The fourth-order valence-corrected chi connectivity index (χ4v) is 3.46. The minimum Gasteiger partial charge on any atom is -0.508 e. The second kappa shape index (κ2) is 7.22. The smallest absolute Gasteiger partial charge is 0.427 e. The first kappa shape index (κ1) is 20.2. The Morgan fingerprint density at radius 2 is 1.88 bits per heavy atom. The SMILES string of the molecule is CC(CC(O)(O)C1C(=O)C=C(O)C=C1NP(=O)(O)O)c1cccc(O)c1. The van der Waals surface area contributed by atoms with E-state index in [1.807, 2.05) is 0 Å². The Morgan fingerprint density at radius 1 is 1.23 bits per heavy atom. The Hall–Kier alpha value is -2.16. The Labute approximate surface area is 149 Å². The number of hydrogen-bond donors (Lipinski definition) is 7. The third-order valence-corrected chi connectivity index (χ3v) is 4.52. The number of allylic oxidation sites excluding steroid dienone is 2. The van der Waals surface area contributed by atoms with Crippen molar-refractivity contribution in [2.24, 2.45) is 5.92 Å².